The van der Waals surface area contributed by atoms with Gasteiger partial charge in [-0.05, 0) is 30.9 Å². The second-order valence-electron chi connectivity index (χ2n) is 3.68. The van der Waals surface area contributed by atoms with Gasteiger partial charge in [0.1, 0.15) is 6.29 Å². The van der Waals surface area contributed by atoms with E-state index >= 15 is 0 Å². The maximum atomic E-state index is 10.2. The van der Waals surface area contributed by atoms with Crippen LogP contribution in [0.3, 0.4) is 0 Å². The monoisotopic (exact) mass is 222 g/mol. The lowest BCUT2D eigenvalue weighted by Gasteiger charge is -2.10. The summed E-state index contributed by atoms with van der Waals surface area (Å²) in [5.41, 5.74) is 2.47. The second-order valence-corrected chi connectivity index (χ2v) is 3.68. The Balaban J connectivity index is 0.00000225. The number of hydrogen-bond acceptors (Lipinski definition) is 2. The van der Waals surface area contributed by atoms with Crippen LogP contribution in [0.1, 0.15) is 44.4 Å². The first-order chi connectivity index (χ1) is 7.27. The molecule has 1 rings (SSSR count). The Labute approximate surface area is 98.6 Å². The van der Waals surface area contributed by atoms with E-state index in [2.05, 4.69) is 24.3 Å². The topological polar surface area (TPSA) is 26.3 Å². The van der Waals surface area contributed by atoms with Gasteiger partial charge in [-0.3, -0.25) is 0 Å². The predicted octanol–water partition coefficient (Wildman–Crippen LogP) is 3.55. The standard InChI is InChI=1S/C13H18O2.CH4/c1-11(15-2)13-8-6-12(7-9-13)5-3-4-10-14;/h6-11H,3-5H2,1-2H3;1H4. The average molecular weight is 222 g/mol. The molecule has 90 valence electrons. The minimum absolute atomic E-state index is 0. The zero-order valence-corrected chi connectivity index (χ0v) is 9.40. The Morgan fingerprint density at radius 1 is 1.31 bits per heavy atom. The molecule has 0 aliphatic carbocycles. The molecule has 0 aliphatic heterocycles. The van der Waals surface area contributed by atoms with Crippen molar-refractivity contribution in [3.8, 4) is 0 Å². The van der Waals surface area contributed by atoms with E-state index in [1.165, 1.54) is 11.1 Å². The second kappa shape index (κ2) is 8.05. The molecule has 0 bridgehead atoms. The summed E-state index contributed by atoms with van der Waals surface area (Å²) in [5, 5.41) is 0. The van der Waals surface area contributed by atoms with Gasteiger partial charge in [-0.15, -0.1) is 0 Å². The lowest BCUT2D eigenvalue weighted by atomic mass is 10.0. The summed E-state index contributed by atoms with van der Waals surface area (Å²) < 4.78 is 5.23. The molecule has 1 aromatic rings. The first kappa shape index (κ1) is 14.8. The van der Waals surface area contributed by atoms with Crippen molar-refractivity contribution in [3.63, 3.8) is 0 Å². The molecule has 0 fully saturated rings. The van der Waals surface area contributed by atoms with E-state index in [0.29, 0.717) is 6.42 Å². The van der Waals surface area contributed by atoms with E-state index in [1.54, 1.807) is 7.11 Å². The highest BCUT2D eigenvalue weighted by molar-refractivity contribution is 5.49. The molecule has 2 nitrogen and oxygen atoms in total. The third-order valence-electron chi connectivity index (χ3n) is 2.59. The van der Waals surface area contributed by atoms with Gasteiger partial charge in [-0.2, -0.15) is 0 Å². The Morgan fingerprint density at radius 3 is 2.44 bits per heavy atom. The van der Waals surface area contributed by atoms with E-state index in [4.69, 9.17) is 4.74 Å². The Hall–Kier alpha value is -1.15. The van der Waals surface area contributed by atoms with Gasteiger partial charge in [0.2, 0.25) is 0 Å². The van der Waals surface area contributed by atoms with Crippen LogP contribution in [0.5, 0.6) is 0 Å². The molecule has 0 spiro atoms. The van der Waals surface area contributed by atoms with Crippen molar-refractivity contribution in [1.82, 2.24) is 0 Å². The molecule has 0 N–H and O–H groups in total. The number of ether oxygens (including phenoxy) is 1. The lowest BCUT2D eigenvalue weighted by molar-refractivity contribution is -0.107. The fourth-order valence-corrected chi connectivity index (χ4v) is 1.48. The van der Waals surface area contributed by atoms with E-state index < -0.39 is 0 Å². The molecular formula is C14H22O2. The maximum Gasteiger partial charge on any atom is 0.120 e. The van der Waals surface area contributed by atoms with Crippen molar-refractivity contribution in [2.75, 3.05) is 7.11 Å². The zero-order valence-electron chi connectivity index (χ0n) is 9.40. The molecule has 0 amide bonds. The van der Waals surface area contributed by atoms with Crippen LogP contribution in [-0.2, 0) is 16.0 Å². The van der Waals surface area contributed by atoms with Gasteiger partial charge < -0.3 is 9.53 Å². The molecule has 0 heterocycles. The fraction of sp³-hybridized carbons (Fsp3) is 0.500. The summed E-state index contributed by atoms with van der Waals surface area (Å²) in [5.74, 6) is 0. The summed E-state index contributed by atoms with van der Waals surface area (Å²) in [6.45, 7) is 2.03. The van der Waals surface area contributed by atoms with Gasteiger partial charge >= 0.3 is 0 Å². The van der Waals surface area contributed by atoms with Crippen LogP contribution in [0.15, 0.2) is 24.3 Å². The summed E-state index contributed by atoms with van der Waals surface area (Å²) in [7, 11) is 1.71. The maximum absolute atomic E-state index is 10.2. The summed E-state index contributed by atoms with van der Waals surface area (Å²) in [6.07, 6.45) is 3.68. The molecule has 1 unspecified atom stereocenters. The van der Waals surface area contributed by atoms with Crippen LogP contribution >= 0.6 is 0 Å². The number of benzene rings is 1. The van der Waals surface area contributed by atoms with Gasteiger partial charge in [0.25, 0.3) is 0 Å². The summed E-state index contributed by atoms with van der Waals surface area (Å²) in [4.78, 5) is 10.2. The van der Waals surface area contributed by atoms with Crippen molar-refractivity contribution in [2.45, 2.75) is 39.7 Å². The smallest absolute Gasteiger partial charge is 0.120 e. The number of aryl methyl sites for hydroxylation is 1. The van der Waals surface area contributed by atoms with Gasteiger partial charge in [-0.1, -0.05) is 31.7 Å². The first-order valence-corrected chi connectivity index (χ1v) is 5.33. The minimum Gasteiger partial charge on any atom is -0.377 e. The number of methoxy groups -OCH3 is 1. The van der Waals surface area contributed by atoms with Crippen LogP contribution in [0, 0.1) is 0 Å². The molecule has 2 heteroatoms. The van der Waals surface area contributed by atoms with Crippen LogP contribution in [0.4, 0.5) is 0 Å². The van der Waals surface area contributed by atoms with E-state index in [1.807, 2.05) is 6.92 Å². The minimum atomic E-state index is 0. The SMILES string of the molecule is C.COC(C)c1ccc(CCCC=O)cc1. The number of carbonyl (C=O) groups is 1. The van der Waals surface area contributed by atoms with Gasteiger partial charge in [0, 0.05) is 13.5 Å². The van der Waals surface area contributed by atoms with E-state index in [9.17, 15) is 4.79 Å². The van der Waals surface area contributed by atoms with Gasteiger partial charge in [-0.25, -0.2) is 0 Å². The molecule has 16 heavy (non-hydrogen) atoms. The van der Waals surface area contributed by atoms with Crippen LogP contribution in [0.25, 0.3) is 0 Å². The predicted molar refractivity (Wildman–Crippen MR) is 67.6 cm³/mol. The molecule has 0 saturated carbocycles. The van der Waals surface area contributed by atoms with Crippen molar-refractivity contribution >= 4 is 6.29 Å². The average Bonchev–Trinajstić information content (AvgIpc) is 2.29. The lowest BCUT2D eigenvalue weighted by Crippen LogP contribution is -1.96. The number of aldehydes is 1. The molecule has 1 atom stereocenters. The highest BCUT2D eigenvalue weighted by Crippen LogP contribution is 2.16. The van der Waals surface area contributed by atoms with Crippen LogP contribution < -0.4 is 0 Å². The Morgan fingerprint density at radius 2 is 1.94 bits per heavy atom. The van der Waals surface area contributed by atoms with Crippen LogP contribution in [-0.4, -0.2) is 13.4 Å². The van der Waals surface area contributed by atoms with Crippen molar-refractivity contribution < 1.29 is 9.53 Å². The van der Waals surface area contributed by atoms with Crippen LogP contribution in [0.2, 0.25) is 0 Å². The molecule has 1 aromatic carbocycles. The third-order valence-corrected chi connectivity index (χ3v) is 2.59. The van der Waals surface area contributed by atoms with E-state index in [0.717, 1.165) is 19.1 Å². The fourth-order valence-electron chi connectivity index (χ4n) is 1.48. The quantitative estimate of drug-likeness (QED) is 0.543. The molecular weight excluding hydrogens is 200 g/mol. The highest BCUT2D eigenvalue weighted by Gasteiger charge is 2.02. The summed E-state index contributed by atoms with van der Waals surface area (Å²) in [6, 6.07) is 8.39. The van der Waals surface area contributed by atoms with Crippen molar-refractivity contribution in [3.05, 3.63) is 35.4 Å². The van der Waals surface area contributed by atoms with E-state index in [-0.39, 0.29) is 13.5 Å². The molecule has 0 radical (unpaired) electrons. The number of rotatable bonds is 6. The highest BCUT2D eigenvalue weighted by atomic mass is 16.5. The number of unbranched alkanes of at least 4 members (excludes halogenated alkanes) is 1. The Bertz CT molecular complexity index is 290. The third kappa shape index (κ3) is 4.58. The summed E-state index contributed by atoms with van der Waals surface area (Å²) >= 11 is 0. The zero-order chi connectivity index (χ0) is 11.1. The number of carbonyl (C=O) groups excluding carboxylic acids is 1. The van der Waals surface area contributed by atoms with Gasteiger partial charge in [0.15, 0.2) is 0 Å². The normalized spacial score (nSPS) is 11.6. The van der Waals surface area contributed by atoms with Crippen molar-refractivity contribution in [2.24, 2.45) is 0 Å². The largest absolute Gasteiger partial charge is 0.377 e. The van der Waals surface area contributed by atoms with Gasteiger partial charge in [0.05, 0.1) is 6.10 Å². The Kier molecular flexibility index (Phi) is 7.48. The molecule has 0 aliphatic rings. The molecule has 0 aromatic heterocycles. The van der Waals surface area contributed by atoms with Crippen molar-refractivity contribution in [1.29, 1.82) is 0 Å². The molecule has 0 saturated heterocycles. The number of hydrogen-bond donors (Lipinski definition) is 0. The first-order valence-electron chi connectivity index (χ1n) is 5.33.